The van der Waals surface area contributed by atoms with Gasteiger partial charge in [0, 0.05) is 16.5 Å². The van der Waals surface area contributed by atoms with E-state index in [2.05, 4.69) is 21.1 Å². The Balaban J connectivity index is 2.24. The first-order valence-electron chi connectivity index (χ1n) is 4.49. The number of hydrogen-bond acceptors (Lipinski definition) is 3. The van der Waals surface area contributed by atoms with Gasteiger partial charge in [0.15, 0.2) is 6.10 Å². The first-order chi connectivity index (χ1) is 7.20. The lowest BCUT2D eigenvalue weighted by Gasteiger charge is -2.02. The van der Waals surface area contributed by atoms with Gasteiger partial charge >= 0.3 is 0 Å². The monoisotopic (exact) mass is 273 g/mol. The number of hydrogen-bond donors (Lipinski definition) is 1. The Morgan fingerprint density at radius 2 is 2.40 bits per heavy atom. The van der Waals surface area contributed by atoms with Gasteiger partial charge in [0.05, 0.1) is 12.3 Å². The summed E-state index contributed by atoms with van der Waals surface area (Å²) in [5, 5.41) is 12.6. The molecule has 0 aliphatic carbocycles. The fraction of sp³-hybridized carbons (Fsp3) is 0.300. The zero-order chi connectivity index (χ0) is 10.8. The van der Waals surface area contributed by atoms with Gasteiger partial charge < -0.3 is 9.94 Å². The lowest BCUT2D eigenvalue weighted by Crippen LogP contribution is -2.13. The van der Waals surface area contributed by atoms with E-state index < -0.39 is 0 Å². The van der Waals surface area contributed by atoms with Crippen LogP contribution < -0.4 is 0 Å². The van der Waals surface area contributed by atoms with Gasteiger partial charge in [0.2, 0.25) is 0 Å². The number of oxime groups is 1. The maximum atomic E-state index is 13.5. The molecule has 0 aromatic heterocycles. The Bertz CT molecular complexity index is 408. The highest BCUT2D eigenvalue weighted by Crippen LogP contribution is 2.21. The largest absolute Gasteiger partial charge is 0.392 e. The van der Waals surface area contributed by atoms with Crippen molar-refractivity contribution in [1.82, 2.24) is 0 Å². The number of benzene rings is 1. The van der Waals surface area contributed by atoms with Gasteiger partial charge in [-0.1, -0.05) is 21.1 Å². The Hall–Kier alpha value is -0.940. The molecule has 80 valence electrons. The molecule has 2 rings (SSSR count). The van der Waals surface area contributed by atoms with Crippen LogP contribution >= 0.6 is 15.9 Å². The zero-order valence-electron chi connectivity index (χ0n) is 7.78. The van der Waals surface area contributed by atoms with Crippen LogP contribution in [0.3, 0.4) is 0 Å². The molecule has 1 atom stereocenters. The van der Waals surface area contributed by atoms with E-state index in [1.54, 1.807) is 12.1 Å². The number of rotatable bonds is 2. The third kappa shape index (κ3) is 2.18. The van der Waals surface area contributed by atoms with Crippen LogP contribution in [0, 0.1) is 5.82 Å². The van der Waals surface area contributed by atoms with Crippen LogP contribution in [0.1, 0.15) is 12.0 Å². The minimum absolute atomic E-state index is 0.106. The van der Waals surface area contributed by atoms with Gasteiger partial charge in [-0.05, 0) is 18.2 Å². The second-order valence-corrected chi connectivity index (χ2v) is 4.19. The van der Waals surface area contributed by atoms with Gasteiger partial charge in [-0.25, -0.2) is 4.39 Å². The number of aliphatic hydroxyl groups is 1. The van der Waals surface area contributed by atoms with E-state index in [1.165, 1.54) is 6.07 Å². The molecule has 3 nitrogen and oxygen atoms in total. The molecule has 0 saturated heterocycles. The summed E-state index contributed by atoms with van der Waals surface area (Å²) in [6.07, 6.45) is 0.0951. The van der Waals surface area contributed by atoms with Crippen LogP contribution in [-0.2, 0) is 4.84 Å². The normalized spacial score (nSPS) is 19.9. The molecule has 1 aromatic carbocycles. The smallest absolute Gasteiger partial charge is 0.156 e. The highest BCUT2D eigenvalue weighted by atomic mass is 79.9. The van der Waals surface area contributed by atoms with Crippen molar-refractivity contribution >= 4 is 21.6 Å². The summed E-state index contributed by atoms with van der Waals surface area (Å²) < 4.78 is 14.2. The summed E-state index contributed by atoms with van der Waals surface area (Å²) in [6.45, 7) is -0.106. The van der Waals surface area contributed by atoms with Crippen LogP contribution in [0.2, 0.25) is 0 Å². The Kier molecular flexibility index (Phi) is 3.02. The molecule has 5 heteroatoms. The quantitative estimate of drug-likeness (QED) is 0.897. The Morgan fingerprint density at radius 3 is 3.00 bits per heavy atom. The third-order valence-electron chi connectivity index (χ3n) is 2.18. The van der Waals surface area contributed by atoms with E-state index in [0.717, 1.165) is 0 Å². The van der Waals surface area contributed by atoms with Gasteiger partial charge in [-0.15, -0.1) is 0 Å². The van der Waals surface area contributed by atoms with Gasteiger partial charge in [-0.3, -0.25) is 0 Å². The van der Waals surface area contributed by atoms with Crippen LogP contribution in [0.4, 0.5) is 4.39 Å². The number of aliphatic hydroxyl groups excluding tert-OH is 1. The highest BCUT2D eigenvalue weighted by molar-refractivity contribution is 9.10. The Morgan fingerprint density at radius 1 is 1.60 bits per heavy atom. The topological polar surface area (TPSA) is 41.8 Å². The zero-order valence-corrected chi connectivity index (χ0v) is 9.37. The molecular weight excluding hydrogens is 265 g/mol. The molecule has 1 unspecified atom stereocenters. The summed E-state index contributed by atoms with van der Waals surface area (Å²) >= 11 is 3.18. The van der Waals surface area contributed by atoms with E-state index in [1.807, 2.05) is 0 Å². The standard InChI is InChI=1S/C10H9BrFNO2/c11-6-1-2-8(9(12)3-6)10-4-7(5-14)15-13-10/h1-3,7,14H,4-5H2. The molecular formula is C10H9BrFNO2. The predicted octanol–water partition coefficient (Wildman–Crippen LogP) is 2.07. The minimum atomic E-state index is -0.344. The molecule has 0 fully saturated rings. The molecule has 0 amide bonds. The molecule has 0 radical (unpaired) electrons. The number of nitrogens with zero attached hydrogens (tertiary/aromatic N) is 1. The second kappa shape index (κ2) is 4.28. The van der Waals surface area contributed by atoms with Crippen LogP contribution in [0.25, 0.3) is 0 Å². The van der Waals surface area contributed by atoms with Crippen LogP contribution in [0.15, 0.2) is 27.8 Å². The van der Waals surface area contributed by atoms with Crippen molar-refractivity contribution in [2.75, 3.05) is 6.61 Å². The van der Waals surface area contributed by atoms with Crippen molar-refractivity contribution in [2.45, 2.75) is 12.5 Å². The van der Waals surface area contributed by atoms with Crippen LogP contribution in [-0.4, -0.2) is 23.5 Å². The van der Waals surface area contributed by atoms with Crippen LogP contribution in [0.5, 0.6) is 0 Å². The SMILES string of the molecule is OCC1CC(c2ccc(Br)cc2F)=NO1. The molecule has 0 saturated carbocycles. The molecule has 15 heavy (non-hydrogen) atoms. The van der Waals surface area contributed by atoms with Gasteiger partial charge in [-0.2, -0.15) is 0 Å². The fourth-order valence-electron chi connectivity index (χ4n) is 1.41. The van der Waals surface area contributed by atoms with Crippen molar-refractivity contribution < 1.29 is 14.3 Å². The third-order valence-corrected chi connectivity index (χ3v) is 2.67. The van der Waals surface area contributed by atoms with E-state index in [9.17, 15) is 4.39 Å². The van der Waals surface area contributed by atoms with Crippen molar-refractivity contribution in [3.63, 3.8) is 0 Å². The predicted molar refractivity (Wildman–Crippen MR) is 57.2 cm³/mol. The van der Waals surface area contributed by atoms with Crippen molar-refractivity contribution in [3.05, 3.63) is 34.1 Å². The summed E-state index contributed by atoms with van der Waals surface area (Å²) in [6, 6.07) is 4.76. The molecule has 0 spiro atoms. The molecule has 0 bridgehead atoms. The Labute approximate surface area is 94.7 Å². The highest BCUT2D eigenvalue weighted by Gasteiger charge is 2.23. The van der Waals surface area contributed by atoms with E-state index >= 15 is 0 Å². The van der Waals surface area contributed by atoms with E-state index in [4.69, 9.17) is 9.94 Å². The molecule has 1 aromatic rings. The maximum Gasteiger partial charge on any atom is 0.156 e. The average Bonchev–Trinajstić information content (AvgIpc) is 2.66. The number of halogens is 2. The average molecular weight is 274 g/mol. The summed E-state index contributed by atoms with van der Waals surface area (Å²) in [7, 11) is 0. The molecule has 1 aliphatic heterocycles. The minimum Gasteiger partial charge on any atom is -0.392 e. The van der Waals surface area contributed by atoms with Crippen molar-refractivity contribution in [3.8, 4) is 0 Å². The first kappa shape index (κ1) is 10.6. The van der Waals surface area contributed by atoms with Gasteiger partial charge in [0.1, 0.15) is 5.82 Å². The molecule has 1 aliphatic rings. The van der Waals surface area contributed by atoms with Gasteiger partial charge in [0.25, 0.3) is 0 Å². The lowest BCUT2D eigenvalue weighted by molar-refractivity contribution is 0.0390. The van der Waals surface area contributed by atoms with E-state index in [-0.39, 0.29) is 18.5 Å². The van der Waals surface area contributed by atoms with Crippen molar-refractivity contribution in [2.24, 2.45) is 5.16 Å². The summed E-state index contributed by atoms with van der Waals surface area (Å²) in [4.78, 5) is 4.91. The maximum absolute atomic E-state index is 13.5. The molecule has 1 N–H and O–H groups in total. The molecule has 1 heterocycles. The second-order valence-electron chi connectivity index (χ2n) is 3.28. The van der Waals surface area contributed by atoms with Crippen molar-refractivity contribution in [1.29, 1.82) is 0 Å². The summed E-state index contributed by atoms with van der Waals surface area (Å²) in [5.74, 6) is -0.342. The lowest BCUT2D eigenvalue weighted by atomic mass is 10.1. The summed E-state index contributed by atoms with van der Waals surface area (Å²) in [5.41, 5.74) is 0.966. The first-order valence-corrected chi connectivity index (χ1v) is 5.29. The fourth-order valence-corrected chi connectivity index (χ4v) is 1.74. The van der Waals surface area contributed by atoms with E-state index in [0.29, 0.717) is 22.2 Å².